The third-order valence-corrected chi connectivity index (χ3v) is 3.61. The predicted molar refractivity (Wildman–Crippen MR) is 91.1 cm³/mol. The summed E-state index contributed by atoms with van der Waals surface area (Å²) in [5, 5.41) is 28.2. The third kappa shape index (κ3) is 3.72. The number of likely N-dealkylation sites (N-methyl/N-ethyl adjacent to an activating group) is 1. The van der Waals surface area contributed by atoms with Crippen molar-refractivity contribution in [1.82, 2.24) is 25.7 Å². The maximum absolute atomic E-state index is 11.8. The van der Waals surface area contributed by atoms with E-state index in [-0.39, 0.29) is 35.4 Å². The molecule has 2 aromatic heterocycles. The van der Waals surface area contributed by atoms with E-state index in [1.165, 1.54) is 14.0 Å². The van der Waals surface area contributed by atoms with Gasteiger partial charge in [-0.3, -0.25) is 4.79 Å². The number of rotatable bonds is 5. The Hall–Kier alpha value is -3.20. The molecule has 3 aromatic rings. The maximum Gasteiger partial charge on any atom is 0.260 e. The first-order valence-electron chi connectivity index (χ1n) is 7.51. The Kier molecular flexibility index (Phi) is 4.99. The highest BCUT2D eigenvalue weighted by Gasteiger charge is 2.22. The largest absolute Gasteiger partial charge is 0.512 e. The second-order valence-corrected chi connectivity index (χ2v) is 5.66. The molecule has 0 radical (unpaired) electrons. The van der Waals surface area contributed by atoms with Gasteiger partial charge in [0.25, 0.3) is 11.8 Å². The summed E-state index contributed by atoms with van der Waals surface area (Å²) < 4.78 is 11.0. The van der Waals surface area contributed by atoms with Crippen LogP contribution in [0, 0.1) is 0 Å². The number of aromatic nitrogens is 4. The molecule has 2 N–H and O–H groups in total. The van der Waals surface area contributed by atoms with Gasteiger partial charge in [0.15, 0.2) is 0 Å². The molecule has 2 heterocycles. The zero-order valence-corrected chi connectivity index (χ0v) is 14.6. The van der Waals surface area contributed by atoms with Gasteiger partial charge < -0.3 is 19.3 Å². The van der Waals surface area contributed by atoms with E-state index in [1.807, 2.05) is 0 Å². The smallest absolute Gasteiger partial charge is 0.260 e. The molecule has 3 rings (SSSR count). The molecule has 134 valence electrons. The van der Waals surface area contributed by atoms with E-state index in [9.17, 15) is 9.90 Å². The van der Waals surface area contributed by atoms with Gasteiger partial charge in [-0.15, -0.1) is 20.4 Å². The lowest BCUT2D eigenvalue weighted by Gasteiger charge is -2.01. The van der Waals surface area contributed by atoms with Crippen molar-refractivity contribution in [3.05, 3.63) is 52.7 Å². The molecule has 1 amide bonds. The number of aliphatic hydroxyl groups is 1. The van der Waals surface area contributed by atoms with E-state index in [4.69, 9.17) is 20.4 Å². The molecule has 0 saturated heterocycles. The molecule has 0 aliphatic heterocycles. The lowest BCUT2D eigenvalue weighted by molar-refractivity contribution is -0.115. The van der Waals surface area contributed by atoms with Crippen LogP contribution in [0.15, 0.2) is 38.9 Å². The van der Waals surface area contributed by atoms with Crippen LogP contribution in [0.5, 0.6) is 0 Å². The van der Waals surface area contributed by atoms with Gasteiger partial charge in [-0.25, -0.2) is 0 Å². The Balaban J connectivity index is 1.79. The van der Waals surface area contributed by atoms with Crippen molar-refractivity contribution in [3.63, 3.8) is 0 Å². The molecule has 0 aliphatic carbocycles. The lowest BCUT2D eigenvalue weighted by atomic mass is 10.2. The molecule has 9 nitrogen and oxygen atoms in total. The number of hydrogen-bond donors (Lipinski definition) is 2. The molecule has 0 saturated carbocycles. The van der Waals surface area contributed by atoms with Crippen LogP contribution >= 0.6 is 11.6 Å². The molecule has 10 heteroatoms. The van der Waals surface area contributed by atoms with Crippen LogP contribution < -0.4 is 5.32 Å². The summed E-state index contributed by atoms with van der Waals surface area (Å²) >= 11 is 5.85. The van der Waals surface area contributed by atoms with Crippen LogP contribution in [0.25, 0.3) is 17.0 Å². The van der Waals surface area contributed by atoms with Gasteiger partial charge in [-0.2, -0.15) is 0 Å². The average molecular weight is 376 g/mol. The fourth-order valence-electron chi connectivity index (χ4n) is 2.13. The number of allylic oxidation sites excluding steroid dienone is 1. The normalized spacial score (nSPS) is 12.0. The van der Waals surface area contributed by atoms with Crippen LogP contribution in [0.1, 0.15) is 24.6 Å². The van der Waals surface area contributed by atoms with Gasteiger partial charge in [-0.1, -0.05) is 11.6 Å². The Bertz CT molecular complexity index is 957. The fraction of sp³-hybridized carbons (Fsp3) is 0.188. The topological polar surface area (TPSA) is 127 Å². The van der Waals surface area contributed by atoms with Crippen molar-refractivity contribution < 1.29 is 18.7 Å². The molecule has 0 aliphatic rings. The molecule has 0 bridgehead atoms. The highest BCUT2D eigenvalue weighted by Crippen LogP contribution is 2.22. The van der Waals surface area contributed by atoms with Gasteiger partial charge in [0.2, 0.25) is 17.7 Å². The van der Waals surface area contributed by atoms with E-state index in [1.54, 1.807) is 24.3 Å². The molecule has 0 spiro atoms. The minimum Gasteiger partial charge on any atom is -0.512 e. The summed E-state index contributed by atoms with van der Waals surface area (Å²) in [5.74, 6) is -0.124. The van der Waals surface area contributed by atoms with Crippen LogP contribution in [0.3, 0.4) is 0 Å². The summed E-state index contributed by atoms with van der Waals surface area (Å²) in [5.41, 5.74) is 0.624. The van der Waals surface area contributed by atoms with Gasteiger partial charge in [0.05, 0.1) is 0 Å². The summed E-state index contributed by atoms with van der Waals surface area (Å²) in [4.78, 5) is 11.8. The van der Waals surface area contributed by atoms with Crippen molar-refractivity contribution in [2.24, 2.45) is 0 Å². The number of carbonyl (C=O) groups is 1. The Labute approximate surface area is 152 Å². The molecule has 0 unspecified atom stereocenters. The van der Waals surface area contributed by atoms with Crippen LogP contribution in [-0.2, 0) is 11.2 Å². The van der Waals surface area contributed by atoms with E-state index in [0.717, 1.165) is 5.56 Å². The number of benzene rings is 1. The molecule has 26 heavy (non-hydrogen) atoms. The second-order valence-electron chi connectivity index (χ2n) is 5.23. The first-order valence-corrected chi connectivity index (χ1v) is 7.88. The summed E-state index contributed by atoms with van der Waals surface area (Å²) in [6, 6.07) is 6.95. The van der Waals surface area contributed by atoms with Crippen molar-refractivity contribution in [2.75, 3.05) is 7.05 Å². The number of halogens is 1. The Morgan fingerprint density at radius 1 is 1.12 bits per heavy atom. The van der Waals surface area contributed by atoms with Crippen molar-refractivity contribution in [2.45, 2.75) is 13.3 Å². The van der Waals surface area contributed by atoms with Crippen LogP contribution in [0.2, 0.25) is 5.02 Å². The zero-order valence-electron chi connectivity index (χ0n) is 13.9. The van der Waals surface area contributed by atoms with Gasteiger partial charge in [0, 0.05) is 17.6 Å². The number of amides is 1. The second kappa shape index (κ2) is 7.36. The van der Waals surface area contributed by atoms with E-state index in [2.05, 4.69) is 25.7 Å². The molecular weight excluding hydrogens is 362 g/mol. The van der Waals surface area contributed by atoms with E-state index >= 15 is 0 Å². The highest BCUT2D eigenvalue weighted by molar-refractivity contribution is 6.30. The lowest BCUT2D eigenvalue weighted by Crippen LogP contribution is -2.20. The first-order chi connectivity index (χ1) is 12.5. The quantitative estimate of drug-likeness (QED) is 0.514. The van der Waals surface area contributed by atoms with Gasteiger partial charge in [-0.05, 0) is 31.2 Å². The maximum atomic E-state index is 11.8. The van der Waals surface area contributed by atoms with E-state index in [0.29, 0.717) is 10.9 Å². The molecule has 0 atom stereocenters. The molecule has 1 aromatic carbocycles. The van der Waals surface area contributed by atoms with E-state index < -0.39 is 5.91 Å². The Morgan fingerprint density at radius 2 is 1.77 bits per heavy atom. The fourth-order valence-corrected chi connectivity index (χ4v) is 2.26. The van der Waals surface area contributed by atoms with Gasteiger partial charge in [0.1, 0.15) is 17.8 Å². The highest BCUT2D eigenvalue weighted by atomic mass is 35.5. The third-order valence-electron chi connectivity index (χ3n) is 3.36. The predicted octanol–water partition coefficient (Wildman–Crippen LogP) is 2.40. The number of aliphatic hydroxyl groups excluding tert-OH is 1. The SMILES string of the molecule is CNC(=O)/C(=C(\C)O)c1nnc(Cc2nnc(-c3ccc(Cl)cc3)o2)o1. The number of nitrogens with one attached hydrogen (secondary N) is 1. The summed E-state index contributed by atoms with van der Waals surface area (Å²) in [7, 11) is 1.43. The number of hydrogen-bond acceptors (Lipinski definition) is 8. The zero-order chi connectivity index (χ0) is 18.7. The summed E-state index contributed by atoms with van der Waals surface area (Å²) in [6.45, 7) is 1.35. The summed E-state index contributed by atoms with van der Waals surface area (Å²) in [6.07, 6.45) is 0.0824. The molecular formula is C16H14ClN5O4. The number of carbonyl (C=O) groups excluding carboxylic acids is 1. The van der Waals surface area contributed by atoms with Gasteiger partial charge >= 0.3 is 0 Å². The Morgan fingerprint density at radius 3 is 2.42 bits per heavy atom. The number of nitrogens with zero attached hydrogens (tertiary/aromatic N) is 4. The minimum atomic E-state index is -0.539. The van der Waals surface area contributed by atoms with Crippen molar-refractivity contribution >= 4 is 23.1 Å². The molecule has 0 fully saturated rings. The minimum absolute atomic E-state index is 0.0824. The van der Waals surface area contributed by atoms with Crippen molar-refractivity contribution in [3.8, 4) is 11.5 Å². The standard InChI is InChI=1S/C16H14ClN5O4/c1-8(23)13(14(24)18-2)16-22-20-12(26-16)7-11-19-21-15(25-11)9-3-5-10(17)6-4-9/h3-6,23H,7H2,1-2H3,(H,18,24)/b13-8-. The van der Waals surface area contributed by atoms with Crippen molar-refractivity contribution in [1.29, 1.82) is 0 Å². The van der Waals surface area contributed by atoms with Crippen LogP contribution in [0.4, 0.5) is 0 Å². The van der Waals surface area contributed by atoms with Crippen LogP contribution in [-0.4, -0.2) is 38.5 Å². The average Bonchev–Trinajstić information content (AvgIpc) is 3.25. The first kappa shape index (κ1) is 17.6. The monoisotopic (exact) mass is 375 g/mol.